The first kappa shape index (κ1) is 16.1. The van der Waals surface area contributed by atoms with Crippen molar-refractivity contribution in [1.82, 2.24) is 14.5 Å². The molecule has 0 fully saturated rings. The summed E-state index contributed by atoms with van der Waals surface area (Å²) in [6.07, 6.45) is 5.99. The Morgan fingerprint density at radius 3 is 2.72 bits per heavy atom. The van der Waals surface area contributed by atoms with Gasteiger partial charge in [0.1, 0.15) is 5.52 Å². The molecule has 130 valence electrons. The molecule has 3 heterocycles. The fraction of sp³-hybridized carbons (Fsp3) is 0.450. The van der Waals surface area contributed by atoms with Crippen molar-refractivity contribution in [2.24, 2.45) is 0 Å². The summed E-state index contributed by atoms with van der Waals surface area (Å²) in [5.74, 6) is 0.331. The van der Waals surface area contributed by atoms with Crippen LogP contribution in [0, 0.1) is 0 Å². The van der Waals surface area contributed by atoms with Gasteiger partial charge in [0, 0.05) is 6.54 Å². The Balaban J connectivity index is 2.07. The zero-order valence-corrected chi connectivity index (χ0v) is 15.1. The minimum absolute atomic E-state index is 0.165. The molecule has 0 saturated carbocycles. The number of furan rings is 1. The first-order valence-corrected chi connectivity index (χ1v) is 8.95. The molecule has 0 N–H and O–H groups in total. The molecule has 0 saturated heterocycles. The number of hydrogen-bond donors (Lipinski definition) is 0. The Morgan fingerprint density at radius 1 is 1.32 bits per heavy atom. The van der Waals surface area contributed by atoms with Gasteiger partial charge in [-0.15, -0.1) is 0 Å². The van der Waals surface area contributed by atoms with Gasteiger partial charge in [0.25, 0.3) is 5.56 Å². The molecule has 4 rings (SSSR count). The fourth-order valence-corrected chi connectivity index (χ4v) is 3.86. The van der Waals surface area contributed by atoms with Gasteiger partial charge in [-0.1, -0.05) is 26.0 Å². The van der Waals surface area contributed by atoms with Gasteiger partial charge in [-0.25, -0.2) is 9.97 Å². The summed E-state index contributed by atoms with van der Waals surface area (Å²) in [6.45, 7) is 10.5. The Hall–Kier alpha value is -2.43. The smallest absolute Gasteiger partial charge is 0.297 e. The van der Waals surface area contributed by atoms with E-state index in [-0.39, 0.29) is 5.56 Å². The topological polar surface area (TPSA) is 60.9 Å². The van der Waals surface area contributed by atoms with Gasteiger partial charge in [-0.3, -0.25) is 9.36 Å². The lowest BCUT2D eigenvalue weighted by Gasteiger charge is -2.21. The largest absolute Gasteiger partial charge is 0.430 e. The highest BCUT2D eigenvalue weighted by atomic mass is 16.3. The van der Waals surface area contributed by atoms with E-state index >= 15 is 0 Å². The van der Waals surface area contributed by atoms with E-state index in [4.69, 9.17) is 9.40 Å². The zero-order valence-electron chi connectivity index (χ0n) is 15.1. The summed E-state index contributed by atoms with van der Waals surface area (Å²) in [5, 5.41) is 0.939. The van der Waals surface area contributed by atoms with Crippen LogP contribution < -0.4 is 5.56 Å². The standard InChI is InChI=1S/C20H23N3O2/c1-11(2)9-23-10-21-17-15-13-7-5-6-8-14(13)16(12(3)4)22-19(15)25-18(17)20(23)24/h10,12H,1,5-9H2,2-4H3. The Labute approximate surface area is 146 Å². The van der Waals surface area contributed by atoms with Crippen molar-refractivity contribution in [3.05, 3.63) is 45.7 Å². The molecule has 0 bridgehead atoms. The summed E-state index contributed by atoms with van der Waals surface area (Å²) < 4.78 is 7.47. The summed E-state index contributed by atoms with van der Waals surface area (Å²) in [6, 6.07) is 0. The zero-order chi connectivity index (χ0) is 17.7. The van der Waals surface area contributed by atoms with Crippen LogP contribution in [0.25, 0.3) is 22.2 Å². The molecule has 3 aromatic rings. The second kappa shape index (κ2) is 5.83. The molecule has 0 unspecified atom stereocenters. The monoisotopic (exact) mass is 337 g/mol. The second-order valence-corrected chi connectivity index (χ2v) is 7.41. The van der Waals surface area contributed by atoms with Gasteiger partial charge in [-0.05, 0) is 49.7 Å². The van der Waals surface area contributed by atoms with Gasteiger partial charge >= 0.3 is 0 Å². The van der Waals surface area contributed by atoms with Gasteiger partial charge < -0.3 is 4.42 Å². The van der Waals surface area contributed by atoms with Crippen molar-refractivity contribution in [3.8, 4) is 0 Å². The third-order valence-corrected chi connectivity index (χ3v) is 4.93. The molecule has 1 aliphatic carbocycles. The number of allylic oxidation sites excluding steroid dienone is 1. The van der Waals surface area contributed by atoms with E-state index in [9.17, 15) is 4.79 Å². The number of nitrogens with zero attached hydrogens (tertiary/aromatic N) is 3. The third kappa shape index (κ3) is 2.49. The number of aromatic nitrogens is 3. The lowest BCUT2D eigenvalue weighted by Crippen LogP contribution is -2.20. The number of rotatable bonds is 3. The van der Waals surface area contributed by atoms with E-state index in [2.05, 4.69) is 25.4 Å². The van der Waals surface area contributed by atoms with Crippen LogP contribution in [0.1, 0.15) is 56.4 Å². The van der Waals surface area contributed by atoms with E-state index in [1.807, 2.05) is 6.92 Å². The molecule has 0 amide bonds. The van der Waals surface area contributed by atoms with E-state index in [0.29, 0.717) is 29.3 Å². The SMILES string of the molecule is C=C(C)Cn1cnc2c(oc3nc(C(C)C)c4c(c32)CCCC4)c1=O. The number of hydrogen-bond acceptors (Lipinski definition) is 4. The molecule has 0 aromatic carbocycles. The predicted octanol–water partition coefficient (Wildman–Crippen LogP) is 4.12. The highest BCUT2D eigenvalue weighted by Gasteiger charge is 2.25. The van der Waals surface area contributed by atoms with Crippen LogP contribution in [0.15, 0.2) is 27.7 Å². The fourth-order valence-electron chi connectivity index (χ4n) is 3.86. The third-order valence-electron chi connectivity index (χ3n) is 4.93. The normalized spacial score (nSPS) is 14.4. The summed E-state index contributed by atoms with van der Waals surface area (Å²) in [5.41, 5.74) is 5.96. The number of aryl methyl sites for hydroxylation is 1. The molecular weight excluding hydrogens is 314 g/mol. The minimum Gasteiger partial charge on any atom is -0.430 e. The summed E-state index contributed by atoms with van der Waals surface area (Å²) in [4.78, 5) is 22.1. The van der Waals surface area contributed by atoms with Crippen LogP contribution in [0.5, 0.6) is 0 Å². The molecule has 0 radical (unpaired) electrons. The quantitative estimate of drug-likeness (QED) is 0.675. The molecule has 0 aliphatic heterocycles. The van der Waals surface area contributed by atoms with Gasteiger partial charge in [0.2, 0.25) is 11.3 Å². The first-order chi connectivity index (χ1) is 12.0. The van der Waals surface area contributed by atoms with E-state index < -0.39 is 0 Å². The van der Waals surface area contributed by atoms with E-state index in [1.54, 1.807) is 10.9 Å². The van der Waals surface area contributed by atoms with Crippen LogP contribution in [0.3, 0.4) is 0 Å². The molecule has 1 aliphatic rings. The van der Waals surface area contributed by atoms with Crippen molar-refractivity contribution in [1.29, 1.82) is 0 Å². The van der Waals surface area contributed by atoms with Crippen LogP contribution in [-0.2, 0) is 19.4 Å². The van der Waals surface area contributed by atoms with Crippen molar-refractivity contribution in [2.45, 2.75) is 58.9 Å². The molecule has 5 nitrogen and oxygen atoms in total. The highest BCUT2D eigenvalue weighted by Crippen LogP contribution is 2.36. The van der Waals surface area contributed by atoms with E-state index in [0.717, 1.165) is 35.9 Å². The maximum absolute atomic E-state index is 12.8. The molecule has 0 spiro atoms. The molecule has 25 heavy (non-hydrogen) atoms. The maximum Gasteiger partial charge on any atom is 0.297 e. The molecule has 5 heteroatoms. The Bertz CT molecular complexity index is 1060. The predicted molar refractivity (Wildman–Crippen MR) is 99.1 cm³/mol. The van der Waals surface area contributed by atoms with Gasteiger partial charge in [0.15, 0.2) is 0 Å². The van der Waals surface area contributed by atoms with Crippen molar-refractivity contribution >= 4 is 22.2 Å². The number of pyridine rings is 1. The lowest BCUT2D eigenvalue weighted by atomic mass is 9.86. The van der Waals surface area contributed by atoms with Crippen molar-refractivity contribution in [2.75, 3.05) is 0 Å². The molecule has 0 atom stereocenters. The number of fused-ring (bicyclic) bond motifs is 5. The van der Waals surface area contributed by atoms with Crippen LogP contribution in [0.4, 0.5) is 0 Å². The second-order valence-electron chi connectivity index (χ2n) is 7.41. The van der Waals surface area contributed by atoms with Crippen molar-refractivity contribution < 1.29 is 4.42 Å². The van der Waals surface area contributed by atoms with Crippen LogP contribution in [0.2, 0.25) is 0 Å². The minimum atomic E-state index is -0.165. The van der Waals surface area contributed by atoms with Gasteiger partial charge in [-0.2, -0.15) is 0 Å². The molecule has 3 aromatic heterocycles. The molecular formula is C20H23N3O2. The lowest BCUT2D eigenvalue weighted by molar-refractivity contribution is 0.618. The Kier molecular flexibility index (Phi) is 3.74. The van der Waals surface area contributed by atoms with Crippen molar-refractivity contribution in [3.63, 3.8) is 0 Å². The summed E-state index contributed by atoms with van der Waals surface area (Å²) in [7, 11) is 0. The van der Waals surface area contributed by atoms with E-state index in [1.165, 1.54) is 17.5 Å². The average Bonchev–Trinajstić information content (AvgIpc) is 2.96. The average molecular weight is 337 g/mol. The first-order valence-electron chi connectivity index (χ1n) is 8.95. The summed E-state index contributed by atoms with van der Waals surface area (Å²) >= 11 is 0. The highest BCUT2D eigenvalue weighted by molar-refractivity contribution is 6.03. The maximum atomic E-state index is 12.8. The van der Waals surface area contributed by atoms with Gasteiger partial charge in [0.05, 0.1) is 17.4 Å². The van der Waals surface area contributed by atoms with Crippen LogP contribution in [-0.4, -0.2) is 14.5 Å². The Morgan fingerprint density at radius 2 is 2.04 bits per heavy atom. The van der Waals surface area contributed by atoms with Crippen LogP contribution >= 0.6 is 0 Å².